The van der Waals surface area contributed by atoms with Crippen molar-refractivity contribution in [3.8, 4) is 0 Å². The lowest BCUT2D eigenvalue weighted by Gasteiger charge is -2.31. The van der Waals surface area contributed by atoms with E-state index < -0.39 is 17.6 Å². The van der Waals surface area contributed by atoms with Crippen LogP contribution in [0.5, 0.6) is 0 Å². The highest BCUT2D eigenvalue weighted by atomic mass is 19.1. The maximum atomic E-state index is 13.5. The second kappa shape index (κ2) is 6.79. The van der Waals surface area contributed by atoms with E-state index in [4.69, 9.17) is 5.11 Å². The van der Waals surface area contributed by atoms with Crippen LogP contribution in [-0.2, 0) is 11.2 Å². The summed E-state index contributed by atoms with van der Waals surface area (Å²) in [6.45, 7) is 1.53. The third-order valence-electron chi connectivity index (χ3n) is 3.83. The Balaban J connectivity index is 1.89. The topological polar surface area (TPSA) is 40.5 Å². The molecule has 0 aromatic heterocycles. The van der Waals surface area contributed by atoms with E-state index in [-0.39, 0.29) is 12.1 Å². The first-order valence-electron chi connectivity index (χ1n) is 6.93. The van der Waals surface area contributed by atoms with Crippen LogP contribution in [0.1, 0.15) is 24.8 Å². The van der Waals surface area contributed by atoms with Crippen molar-refractivity contribution in [3.63, 3.8) is 0 Å². The van der Waals surface area contributed by atoms with Gasteiger partial charge in [0, 0.05) is 12.1 Å². The Morgan fingerprint density at radius 2 is 2.05 bits per heavy atom. The third-order valence-corrected chi connectivity index (χ3v) is 3.83. The number of likely N-dealkylation sites (tertiary alicyclic amines) is 1. The first-order valence-corrected chi connectivity index (χ1v) is 6.93. The number of halogens is 2. The number of carboxylic acids is 1. The Morgan fingerprint density at radius 1 is 1.35 bits per heavy atom. The summed E-state index contributed by atoms with van der Waals surface area (Å²) in [6, 6.07) is 3.91. The maximum absolute atomic E-state index is 13.5. The van der Waals surface area contributed by atoms with Gasteiger partial charge in [0.2, 0.25) is 0 Å². The minimum atomic E-state index is -0.828. The molecule has 0 aliphatic carbocycles. The van der Waals surface area contributed by atoms with E-state index in [9.17, 15) is 13.6 Å². The van der Waals surface area contributed by atoms with Gasteiger partial charge in [0.15, 0.2) is 0 Å². The molecule has 1 saturated heterocycles. The fraction of sp³-hybridized carbons (Fsp3) is 0.533. The Bertz CT molecular complexity index is 459. The molecule has 20 heavy (non-hydrogen) atoms. The average molecular weight is 283 g/mol. The minimum Gasteiger partial charge on any atom is -0.480 e. The molecule has 0 amide bonds. The van der Waals surface area contributed by atoms with Crippen LogP contribution in [0.25, 0.3) is 0 Å². The predicted molar refractivity (Wildman–Crippen MR) is 71.5 cm³/mol. The number of hydrogen-bond donors (Lipinski definition) is 1. The number of aliphatic carboxylic acids is 1. The van der Waals surface area contributed by atoms with Crippen molar-refractivity contribution < 1.29 is 18.7 Å². The molecule has 1 aromatic rings. The normalized spacial score (nSPS) is 20.0. The monoisotopic (exact) mass is 283 g/mol. The summed E-state index contributed by atoms with van der Waals surface area (Å²) in [5.74, 6) is -1.51. The molecule has 1 fully saturated rings. The van der Waals surface area contributed by atoms with E-state index in [0.29, 0.717) is 25.3 Å². The molecule has 5 heteroatoms. The summed E-state index contributed by atoms with van der Waals surface area (Å²) in [4.78, 5) is 12.6. The molecule has 1 aromatic carbocycles. The standard InChI is InChI=1S/C15H19F2NO2/c16-13-4-1-5-14(17)12(13)7-6-11-3-2-8-18(9-11)10-15(19)20/h1,4-5,11H,2-3,6-10H2,(H,19,20)/t11-/m0/s1. The number of carbonyl (C=O) groups is 1. The molecular formula is C15H19F2NO2. The molecule has 1 heterocycles. The number of nitrogens with zero attached hydrogens (tertiary/aromatic N) is 1. The highest BCUT2D eigenvalue weighted by Crippen LogP contribution is 2.23. The largest absolute Gasteiger partial charge is 0.480 e. The van der Waals surface area contributed by atoms with Gasteiger partial charge in [0.25, 0.3) is 0 Å². The molecular weight excluding hydrogens is 264 g/mol. The first kappa shape index (κ1) is 14.9. The number of piperidine rings is 1. The van der Waals surface area contributed by atoms with Gasteiger partial charge in [-0.3, -0.25) is 9.69 Å². The van der Waals surface area contributed by atoms with Crippen LogP contribution < -0.4 is 0 Å². The van der Waals surface area contributed by atoms with Crippen molar-refractivity contribution >= 4 is 5.97 Å². The molecule has 1 atom stereocenters. The summed E-state index contributed by atoms with van der Waals surface area (Å²) in [6.07, 6.45) is 2.99. The Hall–Kier alpha value is -1.49. The van der Waals surface area contributed by atoms with Crippen LogP contribution in [0, 0.1) is 17.6 Å². The summed E-state index contributed by atoms with van der Waals surface area (Å²) in [5, 5.41) is 8.79. The van der Waals surface area contributed by atoms with E-state index in [1.807, 2.05) is 4.90 Å². The van der Waals surface area contributed by atoms with E-state index in [1.54, 1.807) is 0 Å². The van der Waals surface area contributed by atoms with Gasteiger partial charge in [-0.1, -0.05) is 6.07 Å². The second-order valence-corrected chi connectivity index (χ2v) is 5.38. The highest BCUT2D eigenvalue weighted by molar-refractivity contribution is 5.69. The molecule has 0 unspecified atom stereocenters. The van der Waals surface area contributed by atoms with Crippen LogP contribution in [-0.4, -0.2) is 35.6 Å². The van der Waals surface area contributed by atoms with Crippen molar-refractivity contribution in [2.24, 2.45) is 5.92 Å². The van der Waals surface area contributed by atoms with Gasteiger partial charge in [0.05, 0.1) is 6.54 Å². The van der Waals surface area contributed by atoms with E-state index in [2.05, 4.69) is 0 Å². The van der Waals surface area contributed by atoms with Gasteiger partial charge in [-0.15, -0.1) is 0 Å². The lowest BCUT2D eigenvalue weighted by molar-refractivity contribution is -0.138. The smallest absolute Gasteiger partial charge is 0.317 e. The van der Waals surface area contributed by atoms with Crippen LogP contribution in [0.3, 0.4) is 0 Å². The quantitative estimate of drug-likeness (QED) is 0.903. The Kier molecular flexibility index (Phi) is 5.06. The summed E-state index contributed by atoms with van der Waals surface area (Å²) < 4.78 is 27.1. The van der Waals surface area contributed by atoms with Crippen LogP contribution in [0.4, 0.5) is 8.78 Å². The van der Waals surface area contributed by atoms with Gasteiger partial charge in [0.1, 0.15) is 11.6 Å². The predicted octanol–water partition coefficient (Wildman–Crippen LogP) is 2.69. The fourth-order valence-corrected chi connectivity index (χ4v) is 2.84. The molecule has 0 radical (unpaired) electrons. The summed E-state index contributed by atoms with van der Waals surface area (Å²) in [7, 11) is 0. The SMILES string of the molecule is O=C(O)CN1CCC[C@@H](CCc2c(F)cccc2F)C1. The zero-order valence-corrected chi connectivity index (χ0v) is 11.3. The first-order chi connectivity index (χ1) is 9.56. The molecule has 0 bridgehead atoms. The number of rotatable bonds is 5. The van der Waals surface area contributed by atoms with Gasteiger partial charge in [-0.25, -0.2) is 8.78 Å². The second-order valence-electron chi connectivity index (χ2n) is 5.38. The summed E-state index contributed by atoms with van der Waals surface area (Å²) in [5.41, 5.74) is 0.142. The number of hydrogen-bond acceptors (Lipinski definition) is 2. The maximum Gasteiger partial charge on any atom is 0.317 e. The van der Waals surface area contributed by atoms with Crippen molar-refractivity contribution in [1.82, 2.24) is 4.90 Å². The van der Waals surface area contributed by atoms with Crippen molar-refractivity contribution in [3.05, 3.63) is 35.4 Å². The van der Waals surface area contributed by atoms with E-state index in [1.165, 1.54) is 18.2 Å². The van der Waals surface area contributed by atoms with Gasteiger partial charge < -0.3 is 5.11 Å². The Morgan fingerprint density at radius 3 is 2.70 bits per heavy atom. The zero-order chi connectivity index (χ0) is 14.5. The van der Waals surface area contributed by atoms with Crippen molar-refractivity contribution in [2.75, 3.05) is 19.6 Å². The highest BCUT2D eigenvalue weighted by Gasteiger charge is 2.22. The van der Waals surface area contributed by atoms with Crippen LogP contribution in [0.15, 0.2) is 18.2 Å². The average Bonchev–Trinajstić information content (AvgIpc) is 2.38. The van der Waals surface area contributed by atoms with Gasteiger partial charge in [-0.05, 0) is 50.3 Å². The van der Waals surface area contributed by atoms with Crippen LogP contribution in [0.2, 0.25) is 0 Å². The Labute approximate surface area is 117 Å². The molecule has 1 aliphatic rings. The fourth-order valence-electron chi connectivity index (χ4n) is 2.84. The van der Waals surface area contributed by atoms with Gasteiger partial charge in [-0.2, -0.15) is 0 Å². The lowest BCUT2D eigenvalue weighted by Crippen LogP contribution is -2.38. The molecule has 0 saturated carbocycles. The van der Waals surface area contributed by atoms with E-state index in [0.717, 1.165) is 19.4 Å². The zero-order valence-electron chi connectivity index (χ0n) is 11.3. The summed E-state index contributed by atoms with van der Waals surface area (Å²) >= 11 is 0. The van der Waals surface area contributed by atoms with Crippen molar-refractivity contribution in [1.29, 1.82) is 0 Å². The minimum absolute atomic E-state index is 0.0462. The van der Waals surface area contributed by atoms with Gasteiger partial charge >= 0.3 is 5.97 Å². The molecule has 1 N–H and O–H groups in total. The van der Waals surface area contributed by atoms with Crippen LogP contribution >= 0.6 is 0 Å². The molecule has 110 valence electrons. The molecule has 3 nitrogen and oxygen atoms in total. The molecule has 0 spiro atoms. The molecule has 2 rings (SSSR count). The van der Waals surface area contributed by atoms with Crippen molar-refractivity contribution in [2.45, 2.75) is 25.7 Å². The molecule has 1 aliphatic heterocycles. The third kappa shape index (κ3) is 4.00. The number of benzene rings is 1. The van der Waals surface area contributed by atoms with E-state index >= 15 is 0 Å². The number of carboxylic acid groups (broad SMARTS) is 1. The lowest BCUT2D eigenvalue weighted by atomic mass is 9.91.